The van der Waals surface area contributed by atoms with Gasteiger partial charge in [0.2, 0.25) is 5.91 Å². The van der Waals surface area contributed by atoms with E-state index in [2.05, 4.69) is 16.1 Å². The van der Waals surface area contributed by atoms with E-state index >= 15 is 0 Å². The van der Waals surface area contributed by atoms with Crippen molar-refractivity contribution in [1.82, 2.24) is 15.1 Å². The van der Waals surface area contributed by atoms with Gasteiger partial charge in [-0.2, -0.15) is 0 Å². The number of rotatable bonds is 4. The van der Waals surface area contributed by atoms with Crippen LogP contribution < -0.4 is 5.32 Å². The predicted molar refractivity (Wildman–Crippen MR) is 62.9 cm³/mol. The van der Waals surface area contributed by atoms with Gasteiger partial charge in [-0.1, -0.05) is 5.92 Å². The highest BCUT2D eigenvalue weighted by Gasteiger charge is 2.24. The van der Waals surface area contributed by atoms with Gasteiger partial charge in [-0.15, -0.1) is 6.42 Å². The number of carbonyl (C=O) groups is 1. The second-order valence-corrected chi connectivity index (χ2v) is 4.52. The summed E-state index contributed by atoms with van der Waals surface area (Å²) in [6, 6.07) is 0.603. The molecule has 1 N–H and O–H groups in total. The molecule has 1 amide bonds. The van der Waals surface area contributed by atoms with Crippen LogP contribution in [0.5, 0.6) is 0 Å². The summed E-state index contributed by atoms with van der Waals surface area (Å²) in [4.78, 5) is 15.9. The molecular weight excluding hydrogens is 202 g/mol. The summed E-state index contributed by atoms with van der Waals surface area (Å²) in [5.74, 6) is 2.87. The summed E-state index contributed by atoms with van der Waals surface area (Å²) in [6.45, 7) is 4.63. The predicted octanol–water partition coefficient (Wildman–Crippen LogP) is -0.484. The Morgan fingerprint density at radius 1 is 1.31 bits per heavy atom. The van der Waals surface area contributed by atoms with Crippen molar-refractivity contribution in [3.63, 3.8) is 0 Å². The van der Waals surface area contributed by atoms with E-state index in [1.165, 1.54) is 12.8 Å². The third-order valence-corrected chi connectivity index (χ3v) is 3.16. The van der Waals surface area contributed by atoms with Crippen molar-refractivity contribution in [3.8, 4) is 12.3 Å². The first-order valence-electron chi connectivity index (χ1n) is 5.96. The number of amides is 1. The van der Waals surface area contributed by atoms with Gasteiger partial charge in [-0.05, 0) is 12.8 Å². The van der Waals surface area contributed by atoms with Crippen molar-refractivity contribution in [3.05, 3.63) is 0 Å². The molecule has 0 bridgehead atoms. The zero-order valence-electron chi connectivity index (χ0n) is 9.61. The van der Waals surface area contributed by atoms with Crippen LogP contribution in [0.25, 0.3) is 0 Å². The highest BCUT2D eigenvalue weighted by atomic mass is 16.2. The van der Waals surface area contributed by atoms with Crippen LogP contribution in [0.1, 0.15) is 12.8 Å². The molecule has 1 aliphatic carbocycles. The molecule has 1 heterocycles. The van der Waals surface area contributed by atoms with E-state index in [9.17, 15) is 4.79 Å². The van der Waals surface area contributed by atoms with Crippen LogP contribution in [-0.2, 0) is 4.79 Å². The second kappa shape index (κ2) is 5.33. The molecule has 0 radical (unpaired) electrons. The minimum atomic E-state index is 0.229. The fourth-order valence-corrected chi connectivity index (χ4v) is 1.92. The summed E-state index contributed by atoms with van der Waals surface area (Å²) in [6.07, 6.45) is 7.71. The monoisotopic (exact) mass is 221 g/mol. The Morgan fingerprint density at radius 3 is 2.56 bits per heavy atom. The van der Waals surface area contributed by atoms with Crippen LogP contribution in [0.3, 0.4) is 0 Å². The van der Waals surface area contributed by atoms with Crippen molar-refractivity contribution in [1.29, 1.82) is 0 Å². The van der Waals surface area contributed by atoms with Gasteiger partial charge in [-0.3, -0.25) is 9.69 Å². The topological polar surface area (TPSA) is 35.6 Å². The molecule has 2 rings (SSSR count). The number of hydrogen-bond donors (Lipinski definition) is 1. The summed E-state index contributed by atoms with van der Waals surface area (Å²) < 4.78 is 0. The van der Waals surface area contributed by atoms with Crippen LogP contribution in [0.2, 0.25) is 0 Å². The first-order valence-corrected chi connectivity index (χ1v) is 5.96. The standard InChI is InChI=1S/C12H19N3O/c1-2-5-14-6-8-15(9-7-14)12(16)10-13-11-3-4-11/h1,11,13H,3-10H2. The Balaban J connectivity index is 1.66. The maximum atomic E-state index is 11.8. The van der Waals surface area contributed by atoms with Crippen molar-refractivity contribution < 1.29 is 4.79 Å². The highest BCUT2D eigenvalue weighted by Crippen LogP contribution is 2.18. The van der Waals surface area contributed by atoms with E-state index < -0.39 is 0 Å². The average Bonchev–Trinajstić information content (AvgIpc) is 3.11. The summed E-state index contributed by atoms with van der Waals surface area (Å²) in [7, 11) is 0. The highest BCUT2D eigenvalue weighted by molar-refractivity contribution is 5.78. The van der Waals surface area contributed by atoms with Crippen LogP contribution in [0.4, 0.5) is 0 Å². The molecule has 88 valence electrons. The Hall–Kier alpha value is -1.05. The van der Waals surface area contributed by atoms with Gasteiger partial charge < -0.3 is 10.2 Å². The van der Waals surface area contributed by atoms with Crippen molar-refractivity contribution in [2.45, 2.75) is 18.9 Å². The fourth-order valence-electron chi connectivity index (χ4n) is 1.92. The fraction of sp³-hybridized carbons (Fsp3) is 0.750. The van der Waals surface area contributed by atoms with Gasteiger partial charge in [0.15, 0.2) is 0 Å². The quantitative estimate of drug-likeness (QED) is 0.651. The molecule has 0 atom stereocenters. The SMILES string of the molecule is C#CCN1CCN(C(=O)CNC2CC2)CC1. The van der Waals surface area contributed by atoms with Gasteiger partial charge >= 0.3 is 0 Å². The first-order chi connectivity index (χ1) is 7.79. The molecule has 1 saturated heterocycles. The van der Waals surface area contributed by atoms with Gasteiger partial charge in [0.05, 0.1) is 13.1 Å². The zero-order valence-corrected chi connectivity index (χ0v) is 9.61. The minimum absolute atomic E-state index is 0.229. The Labute approximate surface area is 97.0 Å². The molecule has 16 heavy (non-hydrogen) atoms. The van der Waals surface area contributed by atoms with Crippen molar-refractivity contribution in [2.24, 2.45) is 0 Å². The summed E-state index contributed by atoms with van der Waals surface area (Å²) in [5.41, 5.74) is 0. The van der Waals surface area contributed by atoms with Crippen LogP contribution in [0, 0.1) is 12.3 Å². The smallest absolute Gasteiger partial charge is 0.236 e. The van der Waals surface area contributed by atoms with Gasteiger partial charge in [-0.25, -0.2) is 0 Å². The molecule has 0 spiro atoms. The maximum absolute atomic E-state index is 11.8. The summed E-state index contributed by atoms with van der Waals surface area (Å²) >= 11 is 0. The zero-order chi connectivity index (χ0) is 11.4. The van der Waals surface area contributed by atoms with Gasteiger partial charge in [0.25, 0.3) is 0 Å². The van der Waals surface area contributed by atoms with E-state index in [1.54, 1.807) is 0 Å². The lowest BCUT2D eigenvalue weighted by molar-refractivity contribution is -0.131. The van der Waals surface area contributed by atoms with E-state index in [-0.39, 0.29) is 5.91 Å². The third-order valence-electron chi connectivity index (χ3n) is 3.16. The lowest BCUT2D eigenvalue weighted by atomic mass is 10.3. The van der Waals surface area contributed by atoms with E-state index in [1.807, 2.05) is 4.90 Å². The number of nitrogens with one attached hydrogen (secondary N) is 1. The Morgan fingerprint density at radius 2 is 2.00 bits per heavy atom. The molecule has 0 aromatic rings. The maximum Gasteiger partial charge on any atom is 0.236 e. The van der Waals surface area contributed by atoms with Crippen molar-refractivity contribution in [2.75, 3.05) is 39.3 Å². The van der Waals surface area contributed by atoms with Gasteiger partial charge in [0, 0.05) is 32.2 Å². The van der Waals surface area contributed by atoms with Crippen molar-refractivity contribution >= 4 is 5.91 Å². The molecular formula is C12H19N3O. The minimum Gasteiger partial charge on any atom is -0.339 e. The molecule has 0 aromatic heterocycles. The third kappa shape index (κ3) is 3.22. The normalized spacial score (nSPS) is 21.8. The number of terminal acetylenes is 1. The Bertz CT molecular complexity index is 285. The van der Waals surface area contributed by atoms with Crippen LogP contribution in [0.15, 0.2) is 0 Å². The largest absolute Gasteiger partial charge is 0.339 e. The van der Waals surface area contributed by atoms with Crippen LogP contribution in [-0.4, -0.2) is 61.0 Å². The number of piperazine rings is 1. The Kier molecular flexibility index (Phi) is 3.81. The molecule has 0 aromatic carbocycles. The lowest BCUT2D eigenvalue weighted by Crippen LogP contribution is -2.50. The molecule has 1 aliphatic heterocycles. The van der Waals surface area contributed by atoms with E-state index in [0.717, 1.165) is 26.2 Å². The first kappa shape index (κ1) is 11.4. The van der Waals surface area contributed by atoms with Gasteiger partial charge in [0.1, 0.15) is 0 Å². The number of carbonyl (C=O) groups excluding carboxylic acids is 1. The number of hydrogen-bond acceptors (Lipinski definition) is 3. The number of nitrogens with zero attached hydrogens (tertiary/aromatic N) is 2. The lowest BCUT2D eigenvalue weighted by Gasteiger charge is -2.33. The summed E-state index contributed by atoms with van der Waals surface area (Å²) in [5, 5.41) is 3.25. The molecule has 2 fully saturated rings. The van der Waals surface area contributed by atoms with E-state index in [4.69, 9.17) is 6.42 Å². The molecule has 4 nitrogen and oxygen atoms in total. The molecule has 4 heteroatoms. The average molecular weight is 221 g/mol. The molecule has 0 unspecified atom stereocenters. The van der Waals surface area contributed by atoms with Crippen LogP contribution >= 0.6 is 0 Å². The second-order valence-electron chi connectivity index (χ2n) is 4.52. The molecule has 2 aliphatic rings. The van der Waals surface area contributed by atoms with E-state index in [0.29, 0.717) is 19.1 Å². The molecule has 1 saturated carbocycles.